The molecule has 40 heavy (non-hydrogen) atoms. The summed E-state index contributed by atoms with van der Waals surface area (Å²) in [5, 5.41) is 7.54. The molecular formula is C38H22O2. The van der Waals surface area contributed by atoms with E-state index in [1.807, 2.05) is 78.9 Å². The lowest BCUT2D eigenvalue weighted by Crippen LogP contribution is -1.90. The minimum atomic E-state index is -0.402. The first-order chi connectivity index (χ1) is 21.9. The summed E-state index contributed by atoms with van der Waals surface area (Å²) in [6, 6.07) is 32.6. The van der Waals surface area contributed by atoms with Crippen LogP contribution in [0.15, 0.2) is 142 Å². The van der Waals surface area contributed by atoms with Gasteiger partial charge in [0.05, 0.1) is 6.85 Å². The quantitative estimate of drug-likeness (QED) is 0.214. The molecule has 2 heteroatoms. The summed E-state index contributed by atoms with van der Waals surface area (Å²) in [4.78, 5) is 0. The van der Waals surface area contributed by atoms with E-state index in [2.05, 4.69) is 24.3 Å². The second-order valence-electron chi connectivity index (χ2n) is 10.1. The molecule has 0 bridgehead atoms. The van der Waals surface area contributed by atoms with E-state index in [0.717, 1.165) is 76.5 Å². The zero-order valence-corrected chi connectivity index (χ0v) is 21.1. The van der Waals surface area contributed by atoms with Gasteiger partial charge < -0.3 is 8.83 Å². The van der Waals surface area contributed by atoms with Crippen LogP contribution >= 0.6 is 0 Å². The topological polar surface area (TPSA) is 26.3 Å². The van der Waals surface area contributed by atoms with E-state index in [0.29, 0.717) is 5.56 Å². The van der Waals surface area contributed by atoms with Crippen molar-refractivity contribution in [2.45, 2.75) is 0 Å². The second-order valence-corrected chi connectivity index (χ2v) is 10.1. The Hall–Kier alpha value is -5.34. The summed E-state index contributed by atoms with van der Waals surface area (Å²) in [6.45, 7) is 0. The Morgan fingerprint density at radius 2 is 0.875 bits per heavy atom. The number of benzene rings is 7. The zero-order chi connectivity index (χ0) is 30.6. The Morgan fingerprint density at radius 3 is 1.52 bits per heavy atom. The van der Waals surface area contributed by atoms with Crippen LogP contribution in [-0.2, 0) is 0 Å². The van der Waals surface area contributed by atoms with Crippen LogP contribution in [0, 0.1) is 0 Å². The molecule has 2 nitrogen and oxygen atoms in total. The molecular weight excluding hydrogens is 488 g/mol. The van der Waals surface area contributed by atoms with E-state index in [-0.39, 0.29) is 29.7 Å². The number of hydrogen-bond donors (Lipinski definition) is 0. The monoisotopic (exact) mass is 515 g/mol. The summed E-state index contributed by atoms with van der Waals surface area (Å²) in [5.74, 6) is 0. The van der Waals surface area contributed by atoms with E-state index < -0.39 is 6.04 Å². The molecule has 0 saturated heterocycles. The molecule has 0 aliphatic carbocycles. The SMILES string of the molecule is [2H]c1c([2H])c([2H])c(-c2c3ccccc3c(-c3ccc4oc5cc6oc7ccccc7c6cc5c4c3)c3ccccc23)c([2H])c1[2H]. The molecule has 9 aromatic rings. The van der Waals surface area contributed by atoms with Crippen molar-refractivity contribution in [1.82, 2.24) is 0 Å². The number of rotatable bonds is 2. The van der Waals surface area contributed by atoms with Gasteiger partial charge in [0.2, 0.25) is 0 Å². The van der Waals surface area contributed by atoms with Crippen molar-refractivity contribution >= 4 is 65.4 Å². The maximum atomic E-state index is 8.80. The molecule has 2 aromatic heterocycles. The zero-order valence-electron chi connectivity index (χ0n) is 26.1. The highest BCUT2D eigenvalue weighted by Crippen LogP contribution is 2.45. The molecule has 0 amide bonds. The largest absolute Gasteiger partial charge is 0.456 e. The minimum absolute atomic E-state index is 0.201. The van der Waals surface area contributed by atoms with Crippen molar-refractivity contribution in [3.05, 3.63) is 133 Å². The van der Waals surface area contributed by atoms with Crippen LogP contribution in [0.25, 0.3) is 87.7 Å². The number of para-hydroxylation sites is 1. The fraction of sp³-hybridized carbons (Fsp3) is 0. The van der Waals surface area contributed by atoms with Gasteiger partial charge >= 0.3 is 0 Å². The number of hydrogen-bond acceptors (Lipinski definition) is 2. The van der Waals surface area contributed by atoms with E-state index >= 15 is 0 Å². The number of fused-ring (bicyclic) bond motifs is 8. The maximum absolute atomic E-state index is 8.80. The van der Waals surface area contributed by atoms with Crippen LogP contribution in [0.1, 0.15) is 6.85 Å². The second kappa shape index (κ2) is 8.08. The van der Waals surface area contributed by atoms with Gasteiger partial charge in [0.25, 0.3) is 0 Å². The summed E-state index contributed by atoms with van der Waals surface area (Å²) in [5.41, 5.74) is 5.96. The molecule has 7 aromatic carbocycles. The predicted molar refractivity (Wildman–Crippen MR) is 167 cm³/mol. The minimum Gasteiger partial charge on any atom is -0.456 e. The average molecular weight is 516 g/mol. The average Bonchev–Trinajstić information content (AvgIpc) is 3.61. The number of furan rings is 2. The van der Waals surface area contributed by atoms with Gasteiger partial charge in [-0.3, -0.25) is 0 Å². The standard InChI is InChI=1S/C38H22O2/c1-2-10-23(11-3-1)37-26-13-4-6-15-28(26)38(29-16-7-5-14-27(29)37)24-18-19-34-30(20-24)32-21-31-25-12-8-9-17-33(25)39-35(31)22-36(32)40-34/h1-22H/i1D,2D,3D,10D,11D. The van der Waals surface area contributed by atoms with Gasteiger partial charge in [-0.1, -0.05) is 103 Å². The van der Waals surface area contributed by atoms with Gasteiger partial charge in [0, 0.05) is 27.6 Å². The van der Waals surface area contributed by atoms with Crippen molar-refractivity contribution in [3.8, 4) is 22.3 Å². The molecule has 186 valence electrons. The van der Waals surface area contributed by atoms with Gasteiger partial charge in [-0.2, -0.15) is 0 Å². The highest BCUT2D eigenvalue weighted by molar-refractivity contribution is 6.22. The van der Waals surface area contributed by atoms with E-state index in [1.54, 1.807) is 0 Å². The Morgan fingerprint density at radius 1 is 0.375 bits per heavy atom. The lowest BCUT2D eigenvalue weighted by Gasteiger charge is -2.17. The molecule has 0 aliphatic heterocycles. The van der Waals surface area contributed by atoms with Gasteiger partial charge in [0.1, 0.15) is 22.3 Å². The first-order valence-corrected chi connectivity index (χ1v) is 13.2. The Labute approximate surface area is 236 Å². The molecule has 0 spiro atoms. The smallest absolute Gasteiger partial charge is 0.139 e. The van der Waals surface area contributed by atoms with Crippen LogP contribution in [0.2, 0.25) is 0 Å². The third-order valence-electron chi connectivity index (χ3n) is 7.94. The fourth-order valence-electron chi connectivity index (χ4n) is 6.23. The maximum Gasteiger partial charge on any atom is 0.139 e. The Kier molecular flexibility index (Phi) is 3.49. The summed E-state index contributed by atoms with van der Waals surface area (Å²) in [7, 11) is 0. The van der Waals surface area contributed by atoms with Crippen molar-refractivity contribution in [2.24, 2.45) is 0 Å². The van der Waals surface area contributed by atoms with Crippen LogP contribution < -0.4 is 0 Å². The molecule has 0 fully saturated rings. The van der Waals surface area contributed by atoms with Crippen LogP contribution in [0.5, 0.6) is 0 Å². The third kappa shape index (κ3) is 2.99. The van der Waals surface area contributed by atoms with Crippen molar-refractivity contribution in [1.29, 1.82) is 0 Å². The molecule has 0 aliphatic rings. The predicted octanol–water partition coefficient (Wildman–Crippen LogP) is 11.1. The molecule has 2 heterocycles. The van der Waals surface area contributed by atoms with Gasteiger partial charge in [-0.05, 0) is 68.1 Å². The molecule has 0 radical (unpaired) electrons. The lowest BCUT2D eigenvalue weighted by molar-refractivity contribution is 0.656. The summed E-state index contributed by atoms with van der Waals surface area (Å²) < 4.78 is 54.9. The van der Waals surface area contributed by atoms with E-state index in [9.17, 15) is 0 Å². The Bertz CT molecular complexity index is 2630. The summed E-state index contributed by atoms with van der Waals surface area (Å²) >= 11 is 0. The van der Waals surface area contributed by atoms with Crippen molar-refractivity contribution in [2.75, 3.05) is 0 Å². The fourth-order valence-corrected chi connectivity index (χ4v) is 6.23. The van der Waals surface area contributed by atoms with Crippen molar-refractivity contribution in [3.63, 3.8) is 0 Å². The molecule has 0 atom stereocenters. The molecule has 0 N–H and O–H groups in total. The van der Waals surface area contributed by atoms with Gasteiger partial charge in [-0.15, -0.1) is 0 Å². The van der Waals surface area contributed by atoms with Gasteiger partial charge in [-0.25, -0.2) is 0 Å². The molecule has 0 saturated carbocycles. The van der Waals surface area contributed by atoms with Crippen molar-refractivity contribution < 1.29 is 15.7 Å². The normalized spacial score (nSPS) is 13.8. The Balaban J connectivity index is 1.37. The molecule has 9 rings (SSSR count). The first-order valence-electron chi connectivity index (χ1n) is 15.7. The van der Waals surface area contributed by atoms with E-state index in [1.165, 1.54) is 0 Å². The van der Waals surface area contributed by atoms with Gasteiger partial charge in [0.15, 0.2) is 0 Å². The summed E-state index contributed by atoms with van der Waals surface area (Å²) in [6.07, 6.45) is 0. The lowest BCUT2D eigenvalue weighted by atomic mass is 9.86. The molecule has 0 unspecified atom stereocenters. The highest BCUT2D eigenvalue weighted by Gasteiger charge is 2.18. The van der Waals surface area contributed by atoms with Crippen LogP contribution in [0.3, 0.4) is 0 Å². The first kappa shape index (κ1) is 17.3. The van der Waals surface area contributed by atoms with Crippen LogP contribution in [0.4, 0.5) is 0 Å². The van der Waals surface area contributed by atoms with E-state index in [4.69, 9.17) is 15.7 Å². The highest BCUT2D eigenvalue weighted by atomic mass is 16.3. The third-order valence-corrected chi connectivity index (χ3v) is 7.94. The van der Waals surface area contributed by atoms with Crippen LogP contribution in [-0.4, -0.2) is 0 Å².